The maximum atomic E-state index is 13.3. The number of thiazole rings is 1. The first-order valence-electron chi connectivity index (χ1n) is 9.44. The molecule has 0 radical (unpaired) electrons. The molecular weight excluding hydrogens is 377 g/mol. The lowest BCUT2D eigenvalue weighted by atomic mass is 10.2. The third-order valence-electron chi connectivity index (χ3n) is 4.81. The summed E-state index contributed by atoms with van der Waals surface area (Å²) in [5.41, 5.74) is 1.35. The van der Waals surface area contributed by atoms with Gasteiger partial charge >= 0.3 is 0 Å². The van der Waals surface area contributed by atoms with E-state index in [-0.39, 0.29) is 11.7 Å². The van der Waals surface area contributed by atoms with Crippen molar-refractivity contribution < 1.29 is 13.9 Å². The lowest BCUT2D eigenvalue weighted by molar-refractivity contribution is 0.0376. The molecule has 0 N–H and O–H groups in total. The lowest BCUT2D eigenvalue weighted by Crippen LogP contribution is -2.39. The molecule has 0 bridgehead atoms. The largest absolute Gasteiger partial charge is 0.379 e. The predicted octanol–water partition coefficient (Wildman–Crippen LogP) is 3.80. The van der Waals surface area contributed by atoms with Crippen molar-refractivity contribution in [3.05, 3.63) is 59.9 Å². The number of hydrogen-bond acceptors (Lipinski definition) is 5. The van der Waals surface area contributed by atoms with Crippen LogP contribution in [0.1, 0.15) is 16.8 Å². The first-order valence-corrected chi connectivity index (χ1v) is 10.3. The van der Waals surface area contributed by atoms with Crippen LogP contribution in [0.2, 0.25) is 0 Å². The van der Waals surface area contributed by atoms with E-state index >= 15 is 0 Å². The maximum Gasteiger partial charge on any atom is 0.260 e. The average Bonchev–Trinajstić information content (AvgIpc) is 3.16. The first kappa shape index (κ1) is 19.0. The van der Waals surface area contributed by atoms with Gasteiger partial charge in [-0.05, 0) is 42.8 Å². The molecule has 4 rings (SSSR count). The minimum Gasteiger partial charge on any atom is -0.379 e. The number of hydrogen-bond donors (Lipinski definition) is 0. The summed E-state index contributed by atoms with van der Waals surface area (Å²) in [7, 11) is 0. The van der Waals surface area contributed by atoms with Gasteiger partial charge in [0.25, 0.3) is 5.91 Å². The molecule has 1 aromatic heterocycles. The standard InChI is InChI=1S/C21H22FN3O2S/c22-17-8-6-16(7-9-17)20(26)25(11-3-10-24-12-14-27-15-13-24)21-23-18-4-1-2-5-19(18)28-21/h1-2,4-9H,3,10-15H2. The Morgan fingerprint density at radius 3 is 2.64 bits per heavy atom. The van der Waals surface area contributed by atoms with Gasteiger partial charge in [0.1, 0.15) is 5.82 Å². The zero-order valence-electron chi connectivity index (χ0n) is 15.5. The van der Waals surface area contributed by atoms with Crippen molar-refractivity contribution in [3.8, 4) is 0 Å². The second kappa shape index (κ2) is 8.77. The molecule has 1 amide bonds. The third-order valence-corrected chi connectivity index (χ3v) is 5.87. The molecular formula is C21H22FN3O2S. The Morgan fingerprint density at radius 2 is 1.89 bits per heavy atom. The summed E-state index contributed by atoms with van der Waals surface area (Å²) in [4.78, 5) is 21.9. The van der Waals surface area contributed by atoms with E-state index in [9.17, 15) is 9.18 Å². The Labute approximate surface area is 167 Å². The summed E-state index contributed by atoms with van der Waals surface area (Å²) >= 11 is 1.50. The van der Waals surface area contributed by atoms with Crippen LogP contribution in [-0.4, -0.2) is 55.2 Å². The minimum atomic E-state index is -0.351. The second-order valence-corrected chi connectivity index (χ2v) is 7.74. The number of benzene rings is 2. The van der Waals surface area contributed by atoms with Crippen molar-refractivity contribution in [2.45, 2.75) is 6.42 Å². The molecule has 0 aliphatic carbocycles. The molecule has 28 heavy (non-hydrogen) atoms. The van der Waals surface area contributed by atoms with Crippen LogP contribution >= 0.6 is 11.3 Å². The van der Waals surface area contributed by atoms with Crippen LogP contribution in [0.5, 0.6) is 0 Å². The van der Waals surface area contributed by atoms with Crippen molar-refractivity contribution in [2.75, 3.05) is 44.3 Å². The molecule has 1 aliphatic rings. The average molecular weight is 399 g/mol. The lowest BCUT2D eigenvalue weighted by Gasteiger charge is -2.27. The fourth-order valence-electron chi connectivity index (χ4n) is 3.29. The Bertz CT molecular complexity index is 905. The summed E-state index contributed by atoms with van der Waals surface area (Å²) in [6.45, 7) is 4.83. The number of morpholine rings is 1. The highest BCUT2D eigenvalue weighted by Gasteiger charge is 2.22. The van der Waals surface area contributed by atoms with Gasteiger partial charge in [0.15, 0.2) is 5.13 Å². The van der Waals surface area contributed by atoms with E-state index in [0.717, 1.165) is 49.5 Å². The quantitative estimate of drug-likeness (QED) is 0.632. The van der Waals surface area contributed by atoms with Gasteiger partial charge in [0, 0.05) is 31.7 Å². The van der Waals surface area contributed by atoms with Crippen LogP contribution in [0.3, 0.4) is 0 Å². The minimum absolute atomic E-state index is 0.152. The topological polar surface area (TPSA) is 45.7 Å². The van der Waals surface area contributed by atoms with Gasteiger partial charge < -0.3 is 4.74 Å². The number of para-hydroxylation sites is 1. The molecule has 3 aromatic rings. The maximum absolute atomic E-state index is 13.3. The molecule has 5 nitrogen and oxygen atoms in total. The van der Waals surface area contributed by atoms with E-state index in [0.29, 0.717) is 17.2 Å². The molecule has 1 saturated heterocycles. The monoisotopic (exact) mass is 399 g/mol. The normalized spacial score (nSPS) is 15.0. The highest BCUT2D eigenvalue weighted by molar-refractivity contribution is 7.22. The van der Waals surface area contributed by atoms with Gasteiger partial charge in [0.2, 0.25) is 0 Å². The van der Waals surface area contributed by atoms with Crippen molar-refractivity contribution in [3.63, 3.8) is 0 Å². The van der Waals surface area contributed by atoms with Crippen LogP contribution < -0.4 is 4.90 Å². The molecule has 7 heteroatoms. The Hall–Kier alpha value is -2.35. The molecule has 1 aliphatic heterocycles. The molecule has 1 fully saturated rings. The first-order chi connectivity index (χ1) is 13.7. The summed E-state index contributed by atoms with van der Waals surface area (Å²) in [6.07, 6.45) is 0.836. The number of halogens is 1. The molecule has 0 unspecified atom stereocenters. The number of anilines is 1. The summed E-state index contributed by atoms with van der Waals surface area (Å²) in [5.74, 6) is -0.503. The molecule has 0 saturated carbocycles. The number of amides is 1. The molecule has 0 spiro atoms. The number of rotatable bonds is 6. The van der Waals surface area contributed by atoms with Crippen molar-refractivity contribution in [1.29, 1.82) is 0 Å². The molecule has 0 atom stereocenters. The number of aromatic nitrogens is 1. The van der Waals surface area contributed by atoms with Crippen LogP contribution in [0.25, 0.3) is 10.2 Å². The van der Waals surface area contributed by atoms with Crippen molar-refractivity contribution in [1.82, 2.24) is 9.88 Å². The van der Waals surface area contributed by atoms with E-state index < -0.39 is 0 Å². The van der Waals surface area contributed by atoms with Crippen molar-refractivity contribution >= 4 is 32.6 Å². The number of nitrogens with zero attached hydrogens (tertiary/aromatic N) is 3. The van der Waals surface area contributed by atoms with Crippen LogP contribution in [0.15, 0.2) is 48.5 Å². The highest BCUT2D eigenvalue weighted by Crippen LogP contribution is 2.29. The number of carbonyl (C=O) groups is 1. The van der Waals surface area contributed by atoms with E-state index in [1.54, 1.807) is 4.90 Å². The SMILES string of the molecule is O=C(c1ccc(F)cc1)N(CCCN1CCOCC1)c1nc2ccccc2s1. The Balaban J connectivity index is 1.54. The molecule has 2 heterocycles. The summed E-state index contributed by atoms with van der Waals surface area (Å²) < 4.78 is 19.7. The van der Waals surface area contributed by atoms with Gasteiger partial charge in [-0.3, -0.25) is 14.6 Å². The fourth-order valence-corrected chi connectivity index (χ4v) is 4.28. The third kappa shape index (κ3) is 4.38. The highest BCUT2D eigenvalue weighted by atomic mass is 32.1. The fraction of sp³-hybridized carbons (Fsp3) is 0.333. The second-order valence-electron chi connectivity index (χ2n) is 6.74. The van der Waals surface area contributed by atoms with Gasteiger partial charge in [-0.1, -0.05) is 23.5 Å². The zero-order chi connectivity index (χ0) is 19.3. The summed E-state index contributed by atoms with van der Waals surface area (Å²) in [5, 5.41) is 0.678. The number of ether oxygens (including phenoxy) is 1. The van der Waals surface area contributed by atoms with E-state index in [2.05, 4.69) is 9.88 Å². The Morgan fingerprint density at radius 1 is 1.14 bits per heavy atom. The smallest absolute Gasteiger partial charge is 0.260 e. The van der Waals surface area contributed by atoms with Gasteiger partial charge in [0.05, 0.1) is 23.4 Å². The van der Waals surface area contributed by atoms with E-state index in [1.807, 2.05) is 24.3 Å². The summed E-state index contributed by atoms with van der Waals surface area (Å²) in [6, 6.07) is 13.6. The van der Waals surface area contributed by atoms with Crippen LogP contribution in [0, 0.1) is 5.82 Å². The molecule has 146 valence electrons. The number of carbonyl (C=O) groups excluding carboxylic acids is 1. The van der Waals surface area contributed by atoms with Crippen LogP contribution in [-0.2, 0) is 4.74 Å². The van der Waals surface area contributed by atoms with Gasteiger partial charge in [-0.2, -0.15) is 0 Å². The van der Waals surface area contributed by atoms with Gasteiger partial charge in [-0.25, -0.2) is 9.37 Å². The number of fused-ring (bicyclic) bond motifs is 1. The predicted molar refractivity (Wildman–Crippen MR) is 110 cm³/mol. The van der Waals surface area contributed by atoms with Crippen LogP contribution in [0.4, 0.5) is 9.52 Å². The van der Waals surface area contributed by atoms with Gasteiger partial charge in [-0.15, -0.1) is 0 Å². The van der Waals surface area contributed by atoms with Crippen molar-refractivity contribution in [2.24, 2.45) is 0 Å². The van der Waals surface area contributed by atoms with E-state index in [4.69, 9.17) is 4.74 Å². The molecule has 2 aromatic carbocycles. The zero-order valence-corrected chi connectivity index (χ0v) is 16.3. The Kier molecular flexibility index (Phi) is 5.95. The van der Waals surface area contributed by atoms with E-state index in [1.165, 1.54) is 35.6 Å².